The highest BCUT2D eigenvalue weighted by atomic mass is 19.1. The molecule has 6 nitrogen and oxygen atoms in total. The lowest BCUT2D eigenvalue weighted by Gasteiger charge is -2.08. The van der Waals surface area contributed by atoms with Gasteiger partial charge in [-0.15, -0.1) is 0 Å². The molecule has 0 amide bonds. The van der Waals surface area contributed by atoms with Crippen LogP contribution >= 0.6 is 0 Å². The van der Waals surface area contributed by atoms with Gasteiger partial charge in [-0.3, -0.25) is 0 Å². The Labute approximate surface area is 184 Å². The number of para-hydroxylation sites is 1. The number of nitrogens with one attached hydrogen (secondary N) is 1. The van der Waals surface area contributed by atoms with E-state index in [0.717, 1.165) is 16.8 Å². The van der Waals surface area contributed by atoms with Crippen LogP contribution in [0, 0.1) is 5.82 Å². The molecule has 3 aromatic carbocycles. The minimum atomic E-state index is -1.06. The van der Waals surface area contributed by atoms with Gasteiger partial charge in [-0.05, 0) is 35.4 Å². The van der Waals surface area contributed by atoms with Gasteiger partial charge in [0.1, 0.15) is 18.2 Å². The summed E-state index contributed by atoms with van der Waals surface area (Å²) in [6.45, 7) is 1.29. The fraction of sp³-hybridized carbons (Fsp3) is 0.120. The number of carbonyl (C=O) groups is 1. The number of aromatic carboxylic acids is 1. The molecule has 7 heteroatoms. The van der Waals surface area contributed by atoms with Gasteiger partial charge >= 0.3 is 5.97 Å². The maximum atomic E-state index is 13.2. The van der Waals surface area contributed by atoms with Crippen molar-refractivity contribution in [1.82, 2.24) is 15.1 Å². The highest BCUT2D eigenvalue weighted by molar-refractivity contribution is 5.87. The van der Waals surface area contributed by atoms with Crippen molar-refractivity contribution < 1.29 is 19.0 Å². The first kappa shape index (κ1) is 21.3. The molecular weight excluding hydrogens is 409 g/mol. The smallest absolute Gasteiger partial charge is 0.356 e. The minimum absolute atomic E-state index is 0.0335. The minimum Gasteiger partial charge on any atom is -0.489 e. The maximum Gasteiger partial charge on any atom is 0.356 e. The zero-order chi connectivity index (χ0) is 22.3. The summed E-state index contributed by atoms with van der Waals surface area (Å²) in [4.78, 5) is 11.6. The van der Waals surface area contributed by atoms with Crippen molar-refractivity contribution in [2.45, 2.75) is 19.7 Å². The molecule has 4 rings (SSSR count). The van der Waals surface area contributed by atoms with Crippen LogP contribution in [-0.4, -0.2) is 20.9 Å². The van der Waals surface area contributed by atoms with Gasteiger partial charge in [-0.25, -0.2) is 13.9 Å². The van der Waals surface area contributed by atoms with Gasteiger partial charge in [0.2, 0.25) is 0 Å². The molecule has 0 unspecified atom stereocenters. The van der Waals surface area contributed by atoms with E-state index in [-0.39, 0.29) is 11.5 Å². The molecule has 2 N–H and O–H groups in total. The van der Waals surface area contributed by atoms with Gasteiger partial charge in [0, 0.05) is 30.9 Å². The van der Waals surface area contributed by atoms with Crippen LogP contribution in [0.2, 0.25) is 0 Å². The molecule has 0 bridgehead atoms. The Morgan fingerprint density at radius 3 is 2.44 bits per heavy atom. The SMILES string of the molecule is O=C(O)c1nn(-c2ccccc2)cc1CNCc1ccc(COc2cccc(F)c2)cc1. The molecule has 0 spiro atoms. The first-order chi connectivity index (χ1) is 15.6. The Morgan fingerprint density at radius 1 is 0.969 bits per heavy atom. The van der Waals surface area contributed by atoms with E-state index < -0.39 is 5.97 Å². The number of benzene rings is 3. The summed E-state index contributed by atoms with van der Waals surface area (Å²) >= 11 is 0. The second-order valence-electron chi connectivity index (χ2n) is 7.25. The predicted molar refractivity (Wildman–Crippen MR) is 118 cm³/mol. The van der Waals surface area contributed by atoms with Crippen molar-refractivity contribution in [3.8, 4) is 11.4 Å². The summed E-state index contributed by atoms with van der Waals surface area (Å²) in [5.74, 6) is -0.899. The molecule has 0 aliphatic carbocycles. The van der Waals surface area contributed by atoms with Gasteiger partial charge in [0.25, 0.3) is 0 Å². The van der Waals surface area contributed by atoms with E-state index in [2.05, 4.69) is 10.4 Å². The summed E-state index contributed by atoms with van der Waals surface area (Å²) in [6, 6.07) is 23.3. The zero-order valence-corrected chi connectivity index (χ0v) is 17.2. The fourth-order valence-corrected chi connectivity index (χ4v) is 3.25. The summed E-state index contributed by atoms with van der Waals surface area (Å²) in [6.07, 6.45) is 1.73. The molecule has 0 aliphatic rings. The van der Waals surface area contributed by atoms with Gasteiger partial charge in [0.15, 0.2) is 5.69 Å². The van der Waals surface area contributed by atoms with E-state index in [1.54, 1.807) is 23.0 Å². The molecule has 0 fully saturated rings. The lowest BCUT2D eigenvalue weighted by Crippen LogP contribution is -2.14. The largest absolute Gasteiger partial charge is 0.489 e. The Balaban J connectivity index is 1.33. The lowest BCUT2D eigenvalue weighted by molar-refractivity contribution is 0.0688. The molecule has 1 heterocycles. The third kappa shape index (κ3) is 5.39. The monoisotopic (exact) mass is 431 g/mol. The highest BCUT2D eigenvalue weighted by Gasteiger charge is 2.16. The maximum absolute atomic E-state index is 13.2. The molecular formula is C25H22FN3O3. The topological polar surface area (TPSA) is 76.4 Å². The van der Waals surface area contributed by atoms with E-state index >= 15 is 0 Å². The van der Waals surface area contributed by atoms with Crippen LogP contribution in [-0.2, 0) is 19.7 Å². The standard InChI is InChI=1S/C25H22FN3O3/c26-21-5-4-8-23(13-21)32-17-19-11-9-18(10-12-19)14-27-15-20-16-29(28-24(20)25(30)31)22-6-2-1-3-7-22/h1-13,16,27H,14-15,17H2,(H,30,31). The van der Waals surface area contributed by atoms with Crippen molar-refractivity contribution in [2.75, 3.05) is 0 Å². The molecule has 0 radical (unpaired) electrons. The fourth-order valence-electron chi connectivity index (χ4n) is 3.25. The average Bonchev–Trinajstić information content (AvgIpc) is 3.24. The van der Waals surface area contributed by atoms with Crippen molar-refractivity contribution in [1.29, 1.82) is 0 Å². The second kappa shape index (κ2) is 9.89. The molecule has 0 atom stereocenters. The Kier molecular flexibility index (Phi) is 6.57. The lowest BCUT2D eigenvalue weighted by atomic mass is 10.1. The molecule has 0 saturated carbocycles. The van der Waals surface area contributed by atoms with Gasteiger partial charge in [-0.2, -0.15) is 5.10 Å². The third-order valence-electron chi connectivity index (χ3n) is 4.88. The quantitative estimate of drug-likeness (QED) is 0.406. The van der Waals surface area contributed by atoms with Crippen molar-refractivity contribution in [3.05, 3.63) is 113 Å². The number of ether oxygens (including phenoxy) is 1. The first-order valence-electron chi connectivity index (χ1n) is 10.1. The third-order valence-corrected chi connectivity index (χ3v) is 4.88. The van der Waals surface area contributed by atoms with E-state index in [4.69, 9.17) is 4.74 Å². The van der Waals surface area contributed by atoms with Crippen molar-refractivity contribution >= 4 is 5.97 Å². The molecule has 32 heavy (non-hydrogen) atoms. The molecule has 0 aliphatic heterocycles. The molecule has 162 valence electrons. The van der Waals surface area contributed by atoms with E-state index in [1.165, 1.54) is 12.1 Å². The molecule has 0 saturated heterocycles. The first-order valence-corrected chi connectivity index (χ1v) is 10.1. The zero-order valence-electron chi connectivity index (χ0n) is 17.2. The van der Waals surface area contributed by atoms with Crippen LogP contribution in [0.1, 0.15) is 27.2 Å². The Morgan fingerprint density at radius 2 is 1.72 bits per heavy atom. The van der Waals surface area contributed by atoms with Gasteiger partial charge in [-0.1, -0.05) is 48.5 Å². The molecule has 4 aromatic rings. The second-order valence-corrected chi connectivity index (χ2v) is 7.25. The van der Waals surface area contributed by atoms with Gasteiger partial charge < -0.3 is 15.2 Å². The van der Waals surface area contributed by atoms with E-state index in [9.17, 15) is 14.3 Å². The average molecular weight is 431 g/mol. The predicted octanol–water partition coefficient (Wildman–Crippen LogP) is 4.58. The van der Waals surface area contributed by atoms with Crippen LogP contribution in [0.5, 0.6) is 5.75 Å². The number of carboxylic acids is 1. The van der Waals surface area contributed by atoms with Crippen LogP contribution in [0.15, 0.2) is 85.1 Å². The van der Waals surface area contributed by atoms with Crippen molar-refractivity contribution in [3.63, 3.8) is 0 Å². The summed E-state index contributed by atoms with van der Waals surface area (Å²) in [5, 5.41) is 17.0. The molecule has 1 aromatic heterocycles. The Bertz CT molecular complexity index is 1190. The van der Waals surface area contributed by atoms with Gasteiger partial charge in [0.05, 0.1) is 5.69 Å². The van der Waals surface area contributed by atoms with Crippen LogP contribution in [0.4, 0.5) is 4.39 Å². The number of hydrogen-bond acceptors (Lipinski definition) is 4. The summed E-state index contributed by atoms with van der Waals surface area (Å²) in [5.41, 5.74) is 3.46. The summed E-state index contributed by atoms with van der Waals surface area (Å²) in [7, 11) is 0. The van der Waals surface area contributed by atoms with Crippen LogP contribution in [0.3, 0.4) is 0 Å². The highest BCUT2D eigenvalue weighted by Crippen LogP contribution is 2.15. The number of hydrogen-bond donors (Lipinski definition) is 2. The van der Waals surface area contributed by atoms with Crippen LogP contribution < -0.4 is 10.1 Å². The Hall–Kier alpha value is -3.97. The van der Waals surface area contributed by atoms with E-state index in [1.807, 2.05) is 54.6 Å². The number of rotatable bonds is 9. The van der Waals surface area contributed by atoms with Crippen LogP contribution in [0.25, 0.3) is 5.69 Å². The number of halogens is 1. The number of carboxylic acid groups (broad SMARTS) is 1. The number of nitrogens with zero attached hydrogens (tertiary/aromatic N) is 2. The van der Waals surface area contributed by atoms with Crippen molar-refractivity contribution in [2.24, 2.45) is 0 Å². The number of aromatic nitrogens is 2. The normalized spacial score (nSPS) is 10.8. The summed E-state index contributed by atoms with van der Waals surface area (Å²) < 4.78 is 20.4. The van der Waals surface area contributed by atoms with E-state index in [0.29, 0.717) is 31.0 Å².